The fraction of sp³-hybridized carbons (Fsp3) is 0.889. The van der Waals surface area contributed by atoms with Crippen molar-refractivity contribution in [3.05, 3.63) is 0 Å². The van der Waals surface area contributed by atoms with Crippen molar-refractivity contribution in [3.63, 3.8) is 0 Å². The van der Waals surface area contributed by atoms with Crippen LogP contribution in [0.2, 0.25) is 0 Å². The number of fused-ring (bicyclic) bond motifs is 9. The van der Waals surface area contributed by atoms with E-state index in [4.69, 9.17) is 28.4 Å². The molecule has 0 aromatic heterocycles. The van der Waals surface area contributed by atoms with Gasteiger partial charge >= 0.3 is 23.9 Å². The minimum Gasteiger partial charge on any atom is -0.462 e. The zero-order valence-corrected chi connectivity index (χ0v) is 29.6. The standard InChI is InChI=1S/C36H50O13/c1-12(2)30(41)47-25-21-19-17(39)10-16-11-18-24(46-18)27(40)32(16,6)22(19)26(44-14(4)37)29(45-15(5)38)33(21,7)20-13(3)28-36(48-28)34(8,23(20)25)35(9,43)31(42)49-36/h12-13,16-29,39-40,43H,10-11H2,1-9H3/t13-,16-,17-,18-,19?,20-,21+,22?,23-,24-,25+,26-,27-,28+,29-,32-,33+,34-,35+,36-/m0/s1. The highest BCUT2D eigenvalue weighted by Gasteiger charge is 2.93. The van der Waals surface area contributed by atoms with Crippen molar-refractivity contribution in [2.75, 3.05) is 0 Å². The van der Waals surface area contributed by atoms with Crippen LogP contribution in [0.15, 0.2) is 0 Å². The van der Waals surface area contributed by atoms with Crippen LogP contribution in [0.25, 0.3) is 0 Å². The fourth-order valence-corrected chi connectivity index (χ4v) is 13.1. The summed E-state index contributed by atoms with van der Waals surface area (Å²) >= 11 is 0. The third-order valence-electron chi connectivity index (χ3n) is 15.3. The van der Waals surface area contributed by atoms with Crippen LogP contribution in [-0.4, -0.2) is 99.4 Å². The molecule has 8 rings (SSSR count). The molecular weight excluding hydrogens is 640 g/mol. The van der Waals surface area contributed by atoms with E-state index in [0.717, 1.165) is 0 Å². The molecule has 272 valence electrons. The number of aliphatic hydroxyl groups is 3. The lowest BCUT2D eigenvalue weighted by atomic mass is 9.41. The molecule has 49 heavy (non-hydrogen) atoms. The molecule has 0 radical (unpaired) electrons. The highest BCUT2D eigenvalue weighted by atomic mass is 16.8. The minimum atomic E-state index is -2.07. The SMILES string of the molecule is CC(=O)O[C@H]1C2C([C@@H]3[C@@H](OC(=O)C(C)C)[C@@H]4[C@H]([C@H](C)[C@H]5O[C@]56OC(=O)[C@@](C)(O)[C@]46C)[C@@]3(C)[C@H]1OC(C)=O)[C@@H](O)C[C@H]1C[C@@H]3O[C@@H]3[C@H](O)[C@]21C. The molecule has 0 aromatic carbocycles. The Morgan fingerprint density at radius 2 is 1.51 bits per heavy atom. The highest BCUT2D eigenvalue weighted by Crippen LogP contribution is 2.81. The molecule has 3 heterocycles. The van der Waals surface area contributed by atoms with Crippen molar-refractivity contribution < 1.29 is 62.9 Å². The molecule has 0 bridgehead atoms. The molecule has 3 saturated heterocycles. The number of epoxide rings is 2. The third-order valence-corrected chi connectivity index (χ3v) is 15.3. The van der Waals surface area contributed by atoms with E-state index in [1.165, 1.54) is 20.8 Å². The van der Waals surface area contributed by atoms with Crippen molar-refractivity contribution in [2.24, 2.45) is 63.6 Å². The number of hydrogen-bond acceptors (Lipinski definition) is 13. The minimum absolute atomic E-state index is 0.137. The lowest BCUT2D eigenvalue weighted by molar-refractivity contribution is -0.280. The number of esters is 4. The summed E-state index contributed by atoms with van der Waals surface area (Å²) in [5.74, 6) is -8.76. The van der Waals surface area contributed by atoms with Gasteiger partial charge in [0.15, 0.2) is 5.60 Å². The molecule has 2 unspecified atom stereocenters. The summed E-state index contributed by atoms with van der Waals surface area (Å²) in [5, 5.41) is 36.5. The second-order valence-corrected chi connectivity index (χ2v) is 17.6. The largest absolute Gasteiger partial charge is 0.462 e. The Morgan fingerprint density at radius 3 is 2.12 bits per heavy atom. The van der Waals surface area contributed by atoms with Crippen LogP contribution in [0.4, 0.5) is 0 Å². The van der Waals surface area contributed by atoms with Gasteiger partial charge in [-0.25, -0.2) is 4.79 Å². The van der Waals surface area contributed by atoms with Gasteiger partial charge in [-0.05, 0) is 50.4 Å². The highest BCUT2D eigenvalue weighted by molar-refractivity contribution is 5.84. The molecule has 5 saturated carbocycles. The van der Waals surface area contributed by atoms with Crippen molar-refractivity contribution >= 4 is 23.9 Å². The van der Waals surface area contributed by atoms with Crippen LogP contribution < -0.4 is 0 Å². The second-order valence-electron chi connectivity index (χ2n) is 17.6. The first-order valence-corrected chi connectivity index (χ1v) is 17.9. The van der Waals surface area contributed by atoms with Crippen molar-refractivity contribution in [3.8, 4) is 0 Å². The molecule has 13 heteroatoms. The smallest absolute Gasteiger partial charge is 0.341 e. The normalized spacial score (nSPS) is 58.7. The molecular formula is C36H50O13. The summed E-state index contributed by atoms with van der Waals surface area (Å²) < 4.78 is 37.2. The Balaban J connectivity index is 1.40. The van der Waals surface area contributed by atoms with Gasteiger partial charge in [-0.3, -0.25) is 14.4 Å². The van der Waals surface area contributed by atoms with Gasteiger partial charge in [0.2, 0.25) is 5.79 Å². The first-order valence-electron chi connectivity index (χ1n) is 17.9. The maximum Gasteiger partial charge on any atom is 0.341 e. The number of carbonyl (C=O) groups excluding carboxylic acids is 4. The topological polar surface area (TPSA) is 191 Å². The summed E-state index contributed by atoms with van der Waals surface area (Å²) in [6, 6.07) is 0. The van der Waals surface area contributed by atoms with E-state index < -0.39 is 130 Å². The molecule has 0 aromatic rings. The Labute approximate surface area is 285 Å². The van der Waals surface area contributed by atoms with E-state index >= 15 is 0 Å². The summed E-state index contributed by atoms with van der Waals surface area (Å²) in [6.45, 7) is 15.0. The van der Waals surface area contributed by atoms with Gasteiger partial charge in [0.25, 0.3) is 0 Å². The van der Waals surface area contributed by atoms with Crippen LogP contribution in [0.1, 0.15) is 75.2 Å². The fourth-order valence-electron chi connectivity index (χ4n) is 13.1. The molecule has 3 N–H and O–H groups in total. The predicted molar refractivity (Wildman–Crippen MR) is 164 cm³/mol. The Morgan fingerprint density at radius 1 is 0.878 bits per heavy atom. The zero-order chi connectivity index (χ0) is 35.7. The summed E-state index contributed by atoms with van der Waals surface area (Å²) in [7, 11) is 0. The van der Waals surface area contributed by atoms with Crippen LogP contribution in [0, 0.1) is 63.6 Å². The number of ether oxygens (including phenoxy) is 6. The second kappa shape index (κ2) is 9.96. The van der Waals surface area contributed by atoms with E-state index in [1.807, 2.05) is 20.8 Å². The Bertz CT molecular complexity index is 1510. The monoisotopic (exact) mass is 690 g/mol. The quantitative estimate of drug-likeness (QED) is 0.219. The maximum absolute atomic E-state index is 13.8. The lowest BCUT2D eigenvalue weighted by Crippen LogP contribution is -2.72. The molecule has 8 aliphatic rings. The molecule has 13 nitrogen and oxygen atoms in total. The van der Waals surface area contributed by atoms with Gasteiger partial charge in [0.1, 0.15) is 30.5 Å². The van der Waals surface area contributed by atoms with Gasteiger partial charge in [-0.2, -0.15) is 0 Å². The molecule has 8 fully saturated rings. The van der Waals surface area contributed by atoms with E-state index in [1.54, 1.807) is 20.8 Å². The summed E-state index contributed by atoms with van der Waals surface area (Å²) in [4.78, 5) is 53.4. The van der Waals surface area contributed by atoms with Crippen molar-refractivity contribution in [1.82, 2.24) is 0 Å². The number of aliphatic hydroxyl groups excluding tert-OH is 2. The van der Waals surface area contributed by atoms with Crippen LogP contribution in [-0.2, 0) is 47.6 Å². The van der Waals surface area contributed by atoms with E-state index in [9.17, 15) is 34.5 Å². The third kappa shape index (κ3) is 3.79. The molecule has 5 aliphatic carbocycles. The van der Waals surface area contributed by atoms with Gasteiger partial charge in [-0.15, -0.1) is 0 Å². The zero-order valence-electron chi connectivity index (χ0n) is 29.6. The Hall–Kier alpha value is -2.32. The molecule has 0 amide bonds. The Kier molecular flexibility index (Phi) is 6.87. The van der Waals surface area contributed by atoms with Gasteiger partial charge < -0.3 is 43.7 Å². The van der Waals surface area contributed by atoms with E-state index in [2.05, 4.69) is 0 Å². The van der Waals surface area contributed by atoms with Crippen LogP contribution in [0.3, 0.4) is 0 Å². The average Bonchev–Trinajstić information content (AvgIpc) is 3.90. The predicted octanol–water partition coefficient (Wildman–Crippen LogP) is 1.51. The lowest BCUT2D eigenvalue weighted by Gasteiger charge is -2.65. The van der Waals surface area contributed by atoms with E-state index in [0.29, 0.717) is 12.8 Å². The summed E-state index contributed by atoms with van der Waals surface area (Å²) in [5.41, 5.74) is -5.63. The van der Waals surface area contributed by atoms with Crippen molar-refractivity contribution in [1.29, 1.82) is 0 Å². The van der Waals surface area contributed by atoms with E-state index in [-0.39, 0.29) is 17.9 Å². The maximum atomic E-state index is 13.8. The van der Waals surface area contributed by atoms with Gasteiger partial charge in [-0.1, -0.05) is 34.6 Å². The molecule has 3 aliphatic heterocycles. The van der Waals surface area contributed by atoms with Gasteiger partial charge in [0.05, 0.1) is 29.6 Å². The molecule has 1 spiro atoms. The molecule has 20 atom stereocenters. The average molecular weight is 691 g/mol. The van der Waals surface area contributed by atoms with Crippen LogP contribution in [0.5, 0.6) is 0 Å². The first kappa shape index (κ1) is 33.8. The van der Waals surface area contributed by atoms with Crippen LogP contribution >= 0.6 is 0 Å². The number of carbonyl (C=O) groups is 4. The summed E-state index contributed by atoms with van der Waals surface area (Å²) in [6.07, 6.45) is -5.47. The first-order chi connectivity index (χ1) is 22.7. The van der Waals surface area contributed by atoms with Crippen molar-refractivity contribution in [2.45, 2.75) is 135 Å². The number of hydrogen-bond donors (Lipinski definition) is 3. The van der Waals surface area contributed by atoms with Gasteiger partial charge in [0, 0.05) is 42.4 Å². The number of rotatable bonds is 4.